The molecule has 0 saturated carbocycles. The minimum Gasteiger partial charge on any atom is -0.388 e. The molecule has 1 heterocycles. The predicted octanol–water partition coefficient (Wildman–Crippen LogP) is 1.37. The first-order valence-corrected chi connectivity index (χ1v) is 7.34. The Morgan fingerprint density at radius 3 is 2.69 bits per heavy atom. The van der Waals surface area contributed by atoms with E-state index in [2.05, 4.69) is 0 Å². The zero-order valence-electron chi connectivity index (χ0n) is 9.76. The number of aliphatic hydroxyl groups is 1. The van der Waals surface area contributed by atoms with E-state index in [0.29, 0.717) is 13.0 Å². The lowest BCUT2D eigenvalue weighted by molar-refractivity contribution is 0.173. The molecule has 92 valence electrons. The maximum absolute atomic E-state index is 11.3. The van der Waals surface area contributed by atoms with Gasteiger partial charge in [0.15, 0.2) is 9.84 Å². The van der Waals surface area contributed by atoms with Crippen molar-refractivity contribution in [2.75, 3.05) is 11.5 Å². The second kappa shape index (κ2) is 5.50. The molecule has 0 radical (unpaired) electrons. The van der Waals surface area contributed by atoms with Crippen molar-refractivity contribution in [3.63, 3.8) is 0 Å². The Hall–Kier alpha value is -0.810. The normalized spacial score (nSPS) is 13.9. The van der Waals surface area contributed by atoms with Crippen molar-refractivity contribution >= 4 is 9.84 Å². The van der Waals surface area contributed by atoms with Gasteiger partial charge in [0.1, 0.15) is 0 Å². The number of hydrogen-bond acceptors (Lipinski definition) is 3. The summed E-state index contributed by atoms with van der Waals surface area (Å²) in [6.45, 7) is 4.01. The van der Waals surface area contributed by atoms with Crippen LogP contribution < -0.4 is 0 Å². The van der Waals surface area contributed by atoms with E-state index in [0.717, 1.165) is 5.56 Å². The van der Waals surface area contributed by atoms with Gasteiger partial charge in [-0.25, -0.2) is 8.42 Å². The van der Waals surface area contributed by atoms with E-state index in [1.54, 1.807) is 23.9 Å². The third-order valence-corrected chi connectivity index (χ3v) is 4.33. The lowest BCUT2D eigenvalue weighted by Gasteiger charge is -2.05. The summed E-state index contributed by atoms with van der Waals surface area (Å²) in [5.74, 6) is 0.332. The second-order valence-electron chi connectivity index (χ2n) is 3.84. The topological polar surface area (TPSA) is 59.3 Å². The molecule has 1 rings (SSSR count). The van der Waals surface area contributed by atoms with Crippen molar-refractivity contribution in [1.29, 1.82) is 0 Å². The van der Waals surface area contributed by atoms with Gasteiger partial charge in [0.25, 0.3) is 0 Å². The van der Waals surface area contributed by atoms with Crippen LogP contribution in [0.25, 0.3) is 0 Å². The summed E-state index contributed by atoms with van der Waals surface area (Å²) in [6, 6.07) is 1.83. The van der Waals surface area contributed by atoms with Gasteiger partial charge in [0.05, 0.1) is 11.9 Å². The fourth-order valence-electron chi connectivity index (χ4n) is 1.42. The first-order valence-electron chi connectivity index (χ1n) is 5.52. The Morgan fingerprint density at radius 1 is 1.44 bits per heavy atom. The van der Waals surface area contributed by atoms with Crippen LogP contribution in [0, 0.1) is 0 Å². The number of sulfone groups is 1. The highest BCUT2D eigenvalue weighted by Crippen LogP contribution is 2.16. The summed E-state index contributed by atoms with van der Waals surface area (Å²) < 4.78 is 24.4. The molecule has 0 fully saturated rings. The van der Waals surface area contributed by atoms with Crippen molar-refractivity contribution in [1.82, 2.24) is 4.57 Å². The van der Waals surface area contributed by atoms with Crippen LogP contribution in [0.5, 0.6) is 0 Å². The summed E-state index contributed by atoms with van der Waals surface area (Å²) >= 11 is 0. The van der Waals surface area contributed by atoms with Gasteiger partial charge in [0.2, 0.25) is 0 Å². The summed E-state index contributed by atoms with van der Waals surface area (Å²) in [5.41, 5.74) is 0.844. The Kier molecular flexibility index (Phi) is 4.56. The maximum atomic E-state index is 11.3. The van der Waals surface area contributed by atoms with Crippen LogP contribution in [-0.4, -0.2) is 29.6 Å². The van der Waals surface area contributed by atoms with Crippen molar-refractivity contribution < 1.29 is 13.5 Å². The summed E-state index contributed by atoms with van der Waals surface area (Å²) in [6.07, 6.45) is 3.82. The molecular weight excluding hydrogens is 226 g/mol. The number of hydrogen-bond donors (Lipinski definition) is 1. The van der Waals surface area contributed by atoms with Crippen LogP contribution >= 0.6 is 0 Å². The van der Waals surface area contributed by atoms with Crippen molar-refractivity contribution in [3.8, 4) is 0 Å². The van der Waals surface area contributed by atoms with Gasteiger partial charge in [-0.15, -0.1) is 0 Å². The second-order valence-corrected chi connectivity index (χ2v) is 6.32. The lowest BCUT2D eigenvalue weighted by atomic mass is 10.1. The molecule has 1 unspecified atom stereocenters. The molecule has 16 heavy (non-hydrogen) atoms. The fourth-order valence-corrected chi connectivity index (χ4v) is 2.20. The standard InChI is InChI=1S/C11H19NO3S/c1-3-11(13)10-5-6-12(9-10)7-8-16(14,15)4-2/h5-6,9,11,13H,3-4,7-8H2,1-2H3. The highest BCUT2D eigenvalue weighted by atomic mass is 32.2. The quantitative estimate of drug-likeness (QED) is 0.823. The van der Waals surface area contributed by atoms with Crippen LogP contribution in [0.3, 0.4) is 0 Å². The first kappa shape index (κ1) is 13.3. The molecule has 0 amide bonds. The molecule has 4 nitrogen and oxygen atoms in total. The minimum absolute atomic E-state index is 0.153. The Labute approximate surface area is 96.8 Å². The van der Waals surface area contributed by atoms with E-state index < -0.39 is 15.9 Å². The predicted molar refractivity (Wildman–Crippen MR) is 64.0 cm³/mol. The number of aliphatic hydroxyl groups excluding tert-OH is 1. The Morgan fingerprint density at radius 2 is 2.12 bits per heavy atom. The molecule has 0 aromatic carbocycles. The largest absolute Gasteiger partial charge is 0.388 e. The van der Waals surface area contributed by atoms with E-state index in [1.165, 1.54) is 0 Å². The molecule has 0 spiro atoms. The molecule has 0 bridgehead atoms. The van der Waals surface area contributed by atoms with E-state index in [-0.39, 0.29) is 11.5 Å². The number of rotatable bonds is 6. The Balaban J connectivity index is 2.60. The molecule has 1 aromatic rings. The summed E-state index contributed by atoms with van der Waals surface area (Å²) in [4.78, 5) is 0. The van der Waals surface area contributed by atoms with Gasteiger partial charge in [-0.05, 0) is 18.1 Å². The number of aromatic nitrogens is 1. The maximum Gasteiger partial charge on any atom is 0.151 e. The molecule has 0 aliphatic heterocycles. The number of nitrogens with zero attached hydrogens (tertiary/aromatic N) is 1. The SMILES string of the molecule is CCC(O)c1ccn(CCS(=O)(=O)CC)c1. The van der Waals surface area contributed by atoms with Gasteiger partial charge in [0, 0.05) is 24.7 Å². The molecule has 0 saturated heterocycles. The van der Waals surface area contributed by atoms with Crippen molar-refractivity contribution in [2.24, 2.45) is 0 Å². The fraction of sp³-hybridized carbons (Fsp3) is 0.636. The molecule has 0 aliphatic carbocycles. The third-order valence-electron chi connectivity index (χ3n) is 2.65. The number of aryl methyl sites for hydroxylation is 1. The summed E-state index contributed by atoms with van der Waals surface area (Å²) in [5, 5.41) is 9.59. The zero-order chi connectivity index (χ0) is 12.2. The smallest absolute Gasteiger partial charge is 0.151 e. The van der Waals surface area contributed by atoms with Crippen molar-refractivity contribution in [3.05, 3.63) is 24.0 Å². The highest BCUT2D eigenvalue weighted by molar-refractivity contribution is 7.91. The zero-order valence-corrected chi connectivity index (χ0v) is 10.6. The molecule has 5 heteroatoms. The molecular formula is C11H19NO3S. The monoisotopic (exact) mass is 245 g/mol. The van der Waals surface area contributed by atoms with E-state index in [4.69, 9.17) is 0 Å². The van der Waals surface area contributed by atoms with Gasteiger partial charge >= 0.3 is 0 Å². The average Bonchev–Trinajstić information content (AvgIpc) is 2.74. The van der Waals surface area contributed by atoms with Crippen LogP contribution in [0.4, 0.5) is 0 Å². The van der Waals surface area contributed by atoms with Gasteiger partial charge in [-0.1, -0.05) is 13.8 Å². The van der Waals surface area contributed by atoms with Crippen LogP contribution in [0.2, 0.25) is 0 Å². The molecule has 0 aliphatic rings. The van der Waals surface area contributed by atoms with Crippen LogP contribution in [0.15, 0.2) is 18.5 Å². The first-order chi connectivity index (χ1) is 7.48. The summed E-state index contributed by atoms with van der Waals surface area (Å²) in [7, 11) is -2.92. The van der Waals surface area contributed by atoms with Gasteiger partial charge in [-0.2, -0.15) is 0 Å². The Bertz CT molecular complexity index is 422. The van der Waals surface area contributed by atoms with Crippen LogP contribution in [-0.2, 0) is 16.4 Å². The molecule has 1 N–H and O–H groups in total. The van der Waals surface area contributed by atoms with E-state index in [9.17, 15) is 13.5 Å². The molecule has 1 aromatic heterocycles. The van der Waals surface area contributed by atoms with Crippen molar-refractivity contribution in [2.45, 2.75) is 32.9 Å². The van der Waals surface area contributed by atoms with Gasteiger partial charge < -0.3 is 9.67 Å². The van der Waals surface area contributed by atoms with Gasteiger partial charge in [-0.3, -0.25) is 0 Å². The average molecular weight is 245 g/mol. The van der Waals surface area contributed by atoms with Crippen LogP contribution in [0.1, 0.15) is 31.9 Å². The third kappa shape index (κ3) is 3.64. The highest BCUT2D eigenvalue weighted by Gasteiger charge is 2.09. The lowest BCUT2D eigenvalue weighted by Crippen LogP contribution is -2.13. The minimum atomic E-state index is -2.92. The van der Waals surface area contributed by atoms with E-state index >= 15 is 0 Å². The van der Waals surface area contributed by atoms with E-state index in [1.807, 2.05) is 13.0 Å². The molecule has 1 atom stereocenters.